The molecule has 0 aliphatic rings. The second-order valence-corrected chi connectivity index (χ2v) is 5.65. The van der Waals surface area contributed by atoms with Crippen LogP contribution in [0.4, 0.5) is 0 Å². The normalized spacial score (nSPS) is 12.0. The van der Waals surface area contributed by atoms with Gasteiger partial charge in [-0.25, -0.2) is 0 Å². The summed E-state index contributed by atoms with van der Waals surface area (Å²) in [6.07, 6.45) is 20.2. The van der Waals surface area contributed by atoms with E-state index in [9.17, 15) is 0 Å². The number of hydrogen-bond donors (Lipinski definition) is 0. The van der Waals surface area contributed by atoms with Crippen LogP contribution in [0.1, 0.15) is 0 Å². The second kappa shape index (κ2) is 5.95. The Kier molecular flexibility index (Phi) is 3.85. The first-order chi connectivity index (χ1) is 10.4. The summed E-state index contributed by atoms with van der Waals surface area (Å²) in [5, 5.41) is 0. The first-order valence-electron chi connectivity index (χ1n) is 6.25. The van der Waals surface area contributed by atoms with Gasteiger partial charge < -0.3 is 0 Å². The minimum atomic E-state index is -0.521. The van der Waals surface area contributed by atoms with E-state index in [0.29, 0.717) is 15.0 Å². The minimum absolute atomic E-state index is 0.364. The van der Waals surface area contributed by atoms with Crippen molar-refractivity contribution in [3.8, 4) is 0 Å². The van der Waals surface area contributed by atoms with Gasteiger partial charge in [-0.15, -0.1) is 0 Å². The van der Waals surface area contributed by atoms with E-state index >= 15 is 0 Å². The Bertz CT molecular complexity index is 613. The van der Waals surface area contributed by atoms with E-state index in [1.165, 1.54) is 0 Å². The van der Waals surface area contributed by atoms with Crippen LogP contribution in [0.5, 0.6) is 0 Å². The standard InChI is InChI=1S/C10H9N6.C4H5.Mn/c1-4-14(7-11-1)10(15-5-2-12-8-15)16-6-3-13-9-16;1-3-4-2;/h1-9H;1,3-4H,2H2;. The zero-order chi connectivity index (χ0) is 14.5. The molecular formula is C14H14MnN6. The Balaban J connectivity index is 2.20. The maximum atomic E-state index is 4.19. The molecule has 7 heteroatoms. The predicted molar refractivity (Wildman–Crippen MR) is 74.8 cm³/mol. The van der Waals surface area contributed by atoms with Crippen LogP contribution >= 0.6 is 0 Å². The van der Waals surface area contributed by atoms with Crippen LogP contribution in [0.25, 0.3) is 0 Å². The van der Waals surface area contributed by atoms with Gasteiger partial charge in [0.05, 0.1) is 0 Å². The number of aromatic nitrogens is 6. The maximum absolute atomic E-state index is 4.19. The summed E-state index contributed by atoms with van der Waals surface area (Å²) < 4.78 is 5.61. The van der Waals surface area contributed by atoms with Crippen molar-refractivity contribution in [3.05, 3.63) is 79.9 Å². The number of imidazole rings is 3. The molecule has 0 radical (unpaired) electrons. The molecule has 3 heterocycles. The van der Waals surface area contributed by atoms with E-state index in [2.05, 4.69) is 26.5 Å². The molecule has 21 heavy (non-hydrogen) atoms. The number of hydrogen-bond acceptors (Lipinski definition) is 3. The molecule has 0 spiro atoms. The van der Waals surface area contributed by atoms with Gasteiger partial charge in [-0.1, -0.05) is 0 Å². The second-order valence-electron chi connectivity index (χ2n) is 4.13. The molecule has 0 aliphatic heterocycles. The van der Waals surface area contributed by atoms with Crippen molar-refractivity contribution in [2.24, 2.45) is 0 Å². The summed E-state index contributed by atoms with van der Waals surface area (Å²) in [6.45, 7) is 3.73. The molecule has 3 aromatic heterocycles. The molecule has 0 aromatic carbocycles. The molecule has 0 N–H and O–H groups in total. The molecule has 6 nitrogen and oxygen atoms in total. The molecule has 0 atom stereocenters. The summed E-state index contributed by atoms with van der Waals surface area (Å²) in [4.78, 5) is 14.7. The fourth-order valence-corrected chi connectivity index (χ4v) is 3.56. The summed E-state index contributed by atoms with van der Waals surface area (Å²) in [5.74, 6) is 0. The van der Waals surface area contributed by atoms with Gasteiger partial charge in [0.1, 0.15) is 0 Å². The Morgan fingerprint density at radius 2 is 1.33 bits per heavy atom. The predicted octanol–water partition coefficient (Wildman–Crippen LogP) is 1.72. The third-order valence-electron chi connectivity index (χ3n) is 2.92. The number of nitrogens with zero attached hydrogens (tertiary/aromatic N) is 6. The fourth-order valence-electron chi connectivity index (χ4n) is 2.02. The van der Waals surface area contributed by atoms with Crippen LogP contribution in [0, 0.1) is 0 Å². The average Bonchev–Trinajstić information content (AvgIpc) is 3.28. The molecule has 0 saturated heterocycles. The van der Waals surface area contributed by atoms with Crippen molar-refractivity contribution in [3.63, 3.8) is 0 Å². The SMILES string of the molecule is C=CC=[CH][Mn][C](n1ccnc1)(n1ccnc1)n1ccnc1. The number of rotatable bonds is 6. The van der Waals surface area contributed by atoms with E-state index < -0.39 is 4.69 Å². The van der Waals surface area contributed by atoms with E-state index in [-0.39, 0.29) is 0 Å². The Labute approximate surface area is 128 Å². The third kappa shape index (κ3) is 2.37. The molecule has 0 fully saturated rings. The molecule has 0 saturated carbocycles. The van der Waals surface area contributed by atoms with Crippen molar-refractivity contribution in [2.75, 3.05) is 0 Å². The Morgan fingerprint density at radius 1 is 0.857 bits per heavy atom. The first-order valence-corrected chi connectivity index (χ1v) is 7.52. The van der Waals surface area contributed by atoms with Gasteiger partial charge in [0.25, 0.3) is 0 Å². The van der Waals surface area contributed by atoms with Gasteiger partial charge in [-0.05, 0) is 0 Å². The van der Waals surface area contributed by atoms with Gasteiger partial charge in [0, 0.05) is 0 Å². The van der Waals surface area contributed by atoms with Crippen molar-refractivity contribution >= 4 is 0 Å². The molecule has 0 amide bonds. The Morgan fingerprint density at radius 3 is 1.67 bits per heavy atom. The summed E-state index contributed by atoms with van der Waals surface area (Å²) >= 11 is 0.364. The van der Waals surface area contributed by atoms with Gasteiger partial charge >= 0.3 is 128 Å². The molecule has 3 rings (SSSR count). The van der Waals surface area contributed by atoms with Crippen LogP contribution in [-0.2, 0) is 19.6 Å². The molecule has 0 aliphatic carbocycles. The van der Waals surface area contributed by atoms with E-state index in [4.69, 9.17) is 0 Å². The van der Waals surface area contributed by atoms with E-state index in [0.717, 1.165) is 0 Å². The first kappa shape index (κ1) is 13.6. The van der Waals surface area contributed by atoms with Crippen molar-refractivity contribution in [2.45, 2.75) is 4.69 Å². The summed E-state index contributed by atoms with van der Waals surface area (Å²) in [7, 11) is 0. The molecule has 0 unspecified atom stereocenters. The quantitative estimate of drug-likeness (QED) is 0.513. The van der Waals surface area contributed by atoms with Crippen LogP contribution in [0.15, 0.2) is 79.9 Å². The molecular weight excluding hydrogens is 307 g/mol. The molecule has 0 bridgehead atoms. The topological polar surface area (TPSA) is 53.5 Å². The van der Waals surface area contributed by atoms with Gasteiger partial charge in [0.2, 0.25) is 0 Å². The molecule has 107 valence electrons. The van der Waals surface area contributed by atoms with Crippen LogP contribution in [-0.4, -0.2) is 28.7 Å². The van der Waals surface area contributed by atoms with E-state index in [1.54, 1.807) is 43.6 Å². The van der Waals surface area contributed by atoms with Crippen LogP contribution in [0.3, 0.4) is 0 Å². The monoisotopic (exact) mass is 321 g/mol. The van der Waals surface area contributed by atoms with Crippen LogP contribution < -0.4 is 0 Å². The van der Waals surface area contributed by atoms with Crippen molar-refractivity contribution in [1.82, 2.24) is 28.7 Å². The van der Waals surface area contributed by atoms with E-state index in [1.807, 2.05) is 38.4 Å². The van der Waals surface area contributed by atoms with Crippen molar-refractivity contribution in [1.29, 1.82) is 0 Å². The average molecular weight is 321 g/mol. The fraction of sp³-hybridized carbons (Fsp3) is 0.0714. The van der Waals surface area contributed by atoms with Gasteiger partial charge in [0.15, 0.2) is 0 Å². The Hall–Kier alpha value is -2.37. The number of allylic oxidation sites excluding steroid dienone is 2. The zero-order valence-corrected chi connectivity index (χ0v) is 12.4. The summed E-state index contributed by atoms with van der Waals surface area (Å²) in [5.41, 5.74) is 0. The van der Waals surface area contributed by atoms with Crippen molar-refractivity contribution < 1.29 is 15.0 Å². The van der Waals surface area contributed by atoms with Gasteiger partial charge in [-0.2, -0.15) is 0 Å². The zero-order valence-electron chi connectivity index (χ0n) is 11.2. The summed E-state index contributed by atoms with van der Waals surface area (Å²) in [6, 6.07) is 0. The van der Waals surface area contributed by atoms with Gasteiger partial charge in [-0.3, -0.25) is 0 Å². The molecule has 3 aromatic rings. The third-order valence-corrected chi connectivity index (χ3v) is 4.71. The van der Waals surface area contributed by atoms with Crippen LogP contribution in [0.2, 0.25) is 0 Å².